The summed E-state index contributed by atoms with van der Waals surface area (Å²) in [6.07, 6.45) is 0.0769. The second kappa shape index (κ2) is 7.53. The van der Waals surface area contributed by atoms with Gasteiger partial charge >= 0.3 is 5.97 Å². The second-order valence-electron chi connectivity index (χ2n) is 4.80. The fourth-order valence-corrected chi connectivity index (χ4v) is 2.10. The number of aryl methyl sites for hydroxylation is 1. The molecule has 0 aliphatic carbocycles. The summed E-state index contributed by atoms with van der Waals surface area (Å²) >= 11 is 0. The van der Waals surface area contributed by atoms with Gasteiger partial charge in [-0.1, -0.05) is 5.16 Å². The number of esters is 1. The van der Waals surface area contributed by atoms with Crippen molar-refractivity contribution >= 4 is 5.97 Å². The average Bonchev–Trinajstić information content (AvgIpc) is 2.97. The summed E-state index contributed by atoms with van der Waals surface area (Å²) in [5, 5.41) is 3.76. The minimum absolute atomic E-state index is 0.0700. The Morgan fingerprint density at radius 2 is 1.74 bits per heavy atom. The maximum atomic E-state index is 12.0. The Labute approximate surface area is 134 Å². The first-order valence-corrected chi connectivity index (χ1v) is 6.94. The molecule has 1 heterocycles. The summed E-state index contributed by atoms with van der Waals surface area (Å²) in [7, 11) is 4.56. The Bertz CT molecular complexity index is 654. The number of methoxy groups -OCH3 is 3. The largest absolute Gasteiger partial charge is 0.493 e. The Hall–Kier alpha value is -2.70. The third kappa shape index (κ3) is 4.15. The van der Waals surface area contributed by atoms with Gasteiger partial charge in [0.2, 0.25) is 5.75 Å². The van der Waals surface area contributed by atoms with Crippen LogP contribution in [0.15, 0.2) is 22.7 Å². The molecule has 124 valence electrons. The lowest BCUT2D eigenvalue weighted by Crippen LogP contribution is -2.09. The Morgan fingerprint density at radius 1 is 1.09 bits per heavy atom. The first kappa shape index (κ1) is 16.7. The number of nitrogens with zero attached hydrogens (tertiary/aromatic N) is 1. The molecule has 0 amide bonds. The molecule has 0 aliphatic heterocycles. The minimum Gasteiger partial charge on any atom is -0.493 e. The van der Waals surface area contributed by atoms with Crippen LogP contribution in [0.25, 0.3) is 0 Å². The topological polar surface area (TPSA) is 80.0 Å². The molecule has 0 saturated heterocycles. The van der Waals surface area contributed by atoms with Gasteiger partial charge in [0.05, 0.1) is 27.8 Å². The van der Waals surface area contributed by atoms with Crippen molar-refractivity contribution in [3.8, 4) is 17.2 Å². The Kier molecular flexibility index (Phi) is 5.46. The quantitative estimate of drug-likeness (QED) is 0.724. The van der Waals surface area contributed by atoms with E-state index >= 15 is 0 Å². The molecule has 23 heavy (non-hydrogen) atoms. The molecular weight excluding hydrogens is 302 g/mol. The van der Waals surface area contributed by atoms with Crippen molar-refractivity contribution < 1.29 is 28.3 Å². The van der Waals surface area contributed by atoms with Crippen molar-refractivity contribution in [3.63, 3.8) is 0 Å². The van der Waals surface area contributed by atoms with Gasteiger partial charge in [0.15, 0.2) is 11.5 Å². The van der Waals surface area contributed by atoms with Crippen LogP contribution in [0.1, 0.15) is 17.0 Å². The average molecular weight is 321 g/mol. The zero-order valence-corrected chi connectivity index (χ0v) is 13.5. The Balaban J connectivity index is 2.05. The SMILES string of the molecule is COc1cc(CC(=O)OCc2cc(C)on2)cc(OC)c1OC. The molecule has 0 spiro atoms. The monoisotopic (exact) mass is 321 g/mol. The van der Waals surface area contributed by atoms with E-state index in [1.807, 2.05) is 0 Å². The van der Waals surface area contributed by atoms with Crippen molar-refractivity contribution in [2.75, 3.05) is 21.3 Å². The van der Waals surface area contributed by atoms with Crippen molar-refractivity contribution in [3.05, 3.63) is 35.2 Å². The van der Waals surface area contributed by atoms with Gasteiger partial charge in [-0.05, 0) is 24.6 Å². The first-order valence-electron chi connectivity index (χ1n) is 6.94. The third-order valence-corrected chi connectivity index (χ3v) is 3.13. The molecule has 1 aromatic carbocycles. The lowest BCUT2D eigenvalue weighted by molar-refractivity contribution is -0.144. The fraction of sp³-hybridized carbons (Fsp3) is 0.375. The normalized spacial score (nSPS) is 10.3. The van der Waals surface area contributed by atoms with Crippen LogP contribution in [0.5, 0.6) is 17.2 Å². The van der Waals surface area contributed by atoms with Gasteiger partial charge in [-0.15, -0.1) is 0 Å². The molecule has 2 rings (SSSR count). The smallest absolute Gasteiger partial charge is 0.310 e. The Morgan fingerprint density at radius 3 is 2.22 bits per heavy atom. The number of carbonyl (C=O) groups is 1. The number of aromatic nitrogens is 1. The molecule has 7 nitrogen and oxygen atoms in total. The molecule has 0 bridgehead atoms. The molecule has 0 N–H and O–H groups in total. The predicted molar refractivity (Wildman–Crippen MR) is 80.8 cm³/mol. The van der Waals surface area contributed by atoms with E-state index < -0.39 is 0 Å². The maximum Gasteiger partial charge on any atom is 0.310 e. The summed E-state index contributed by atoms with van der Waals surface area (Å²) in [6, 6.07) is 5.14. The van der Waals surface area contributed by atoms with Crippen LogP contribution in [0.2, 0.25) is 0 Å². The number of benzene rings is 1. The lowest BCUT2D eigenvalue weighted by atomic mass is 10.1. The standard InChI is InChI=1S/C16H19NO6/c1-10-5-12(17-23-10)9-22-15(18)8-11-6-13(19-2)16(21-4)14(7-11)20-3/h5-7H,8-9H2,1-4H3. The van der Waals surface area contributed by atoms with E-state index in [-0.39, 0.29) is 19.0 Å². The molecule has 0 fully saturated rings. The van der Waals surface area contributed by atoms with Gasteiger partial charge in [0.25, 0.3) is 0 Å². The van der Waals surface area contributed by atoms with Gasteiger partial charge in [-0.3, -0.25) is 4.79 Å². The first-order chi connectivity index (χ1) is 11.1. The van der Waals surface area contributed by atoms with E-state index in [0.29, 0.717) is 34.3 Å². The van der Waals surface area contributed by atoms with Crippen LogP contribution in [0, 0.1) is 6.92 Å². The van der Waals surface area contributed by atoms with Crippen LogP contribution >= 0.6 is 0 Å². The van der Waals surface area contributed by atoms with Crippen LogP contribution in [0.3, 0.4) is 0 Å². The number of carbonyl (C=O) groups excluding carboxylic acids is 1. The summed E-state index contributed by atoms with van der Waals surface area (Å²) in [6.45, 7) is 1.84. The summed E-state index contributed by atoms with van der Waals surface area (Å²) in [4.78, 5) is 12.0. The molecule has 1 aromatic heterocycles. The molecule has 0 saturated carbocycles. The van der Waals surface area contributed by atoms with Crippen LogP contribution in [-0.2, 0) is 22.6 Å². The van der Waals surface area contributed by atoms with Crippen molar-refractivity contribution in [1.82, 2.24) is 5.16 Å². The number of ether oxygens (including phenoxy) is 4. The summed E-state index contributed by atoms with van der Waals surface area (Å²) in [5.74, 6) is 1.73. The predicted octanol–water partition coefficient (Wildman–Crippen LogP) is 2.29. The molecular formula is C16H19NO6. The fourth-order valence-electron chi connectivity index (χ4n) is 2.10. The van der Waals surface area contributed by atoms with Crippen LogP contribution in [0.4, 0.5) is 0 Å². The lowest BCUT2D eigenvalue weighted by Gasteiger charge is -2.13. The highest BCUT2D eigenvalue weighted by molar-refractivity contribution is 5.73. The van der Waals surface area contributed by atoms with Gasteiger partial charge in [0.1, 0.15) is 18.1 Å². The van der Waals surface area contributed by atoms with E-state index in [4.69, 9.17) is 23.5 Å². The second-order valence-corrected chi connectivity index (χ2v) is 4.80. The van der Waals surface area contributed by atoms with Crippen molar-refractivity contribution in [2.45, 2.75) is 20.0 Å². The number of hydrogen-bond acceptors (Lipinski definition) is 7. The maximum absolute atomic E-state index is 12.0. The highest BCUT2D eigenvalue weighted by atomic mass is 16.5. The molecule has 0 unspecified atom stereocenters. The van der Waals surface area contributed by atoms with E-state index in [1.54, 1.807) is 25.1 Å². The molecule has 0 aliphatic rings. The van der Waals surface area contributed by atoms with E-state index in [1.165, 1.54) is 21.3 Å². The highest BCUT2D eigenvalue weighted by Crippen LogP contribution is 2.38. The summed E-state index contributed by atoms with van der Waals surface area (Å²) in [5.41, 5.74) is 1.27. The number of hydrogen-bond donors (Lipinski definition) is 0. The molecule has 7 heteroatoms. The number of rotatable bonds is 7. The highest BCUT2D eigenvalue weighted by Gasteiger charge is 2.15. The zero-order chi connectivity index (χ0) is 16.8. The van der Waals surface area contributed by atoms with Crippen LogP contribution in [-0.4, -0.2) is 32.5 Å². The van der Waals surface area contributed by atoms with Crippen molar-refractivity contribution in [2.24, 2.45) is 0 Å². The summed E-state index contributed by atoms with van der Waals surface area (Å²) < 4.78 is 25.8. The van der Waals surface area contributed by atoms with E-state index in [0.717, 1.165) is 0 Å². The third-order valence-electron chi connectivity index (χ3n) is 3.13. The van der Waals surface area contributed by atoms with E-state index in [2.05, 4.69) is 5.16 Å². The molecule has 2 aromatic rings. The van der Waals surface area contributed by atoms with E-state index in [9.17, 15) is 4.79 Å². The molecule has 0 atom stereocenters. The van der Waals surface area contributed by atoms with Crippen LogP contribution < -0.4 is 14.2 Å². The zero-order valence-electron chi connectivity index (χ0n) is 13.5. The van der Waals surface area contributed by atoms with Gasteiger partial charge < -0.3 is 23.5 Å². The van der Waals surface area contributed by atoms with Gasteiger partial charge in [-0.25, -0.2) is 0 Å². The van der Waals surface area contributed by atoms with Gasteiger partial charge in [0, 0.05) is 6.07 Å². The minimum atomic E-state index is -0.389. The van der Waals surface area contributed by atoms with Gasteiger partial charge in [-0.2, -0.15) is 0 Å². The van der Waals surface area contributed by atoms with Crippen molar-refractivity contribution in [1.29, 1.82) is 0 Å². The molecule has 0 radical (unpaired) electrons.